The highest BCUT2D eigenvalue weighted by Crippen LogP contribution is 2.64. The minimum absolute atomic E-state index is 0.166. The van der Waals surface area contributed by atoms with E-state index in [1.165, 1.54) is 0 Å². The molecule has 0 saturated heterocycles. The number of carboxylic acids is 1. The fourth-order valence-corrected chi connectivity index (χ4v) is 6.40. The van der Waals surface area contributed by atoms with Gasteiger partial charge < -0.3 is 10.2 Å². The summed E-state index contributed by atoms with van der Waals surface area (Å²) in [6.07, 6.45) is 5.85. The fourth-order valence-electron chi connectivity index (χ4n) is 6.40. The van der Waals surface area contributed by atoms with Crippen LogP contribution >= 0.6 is 0 Å². The highest BCUT2D eigenvalue weighted by atomic mass is 16.4. The standard InChI is InChI=1S/C21H25NO3/c1-20-6-7-21(12-22)16-5-3-15(23)10-14(16)2-4-17(21)18(20)8-13(11-20)9-19(24)25/h3,5,10,13,17-18,23H,2,4,6-9,11H2,1H3,(H,24,25)/t13?,17?,18?,20-,21?/m1/s1. The molecule has 0 radical (unpaired) electrons. The molecule has 2 saturated carbocycles. The van der Waals surface area contributed by atoms with E-state index in [2.05, 4.69) is 13.0 Å². The second-order valence-corrected chi connectivity index (χ2v) is 8.73. The van der Waals surface area contributed by atoms with Crippen LogP contribution in [0.4, 0.5) is 0 Å². The van der Waals surface area contributed by atoms with E-state index in [-0.39, 0.29) is 23.5 Å². The SMILES string of the molecule is C[C@]12CCC3(C#N)c4ccc(O)cc4CCC3C1CC(CC(=O)O)C2. The summed E-state index contributed by atoms with van der Waals surface area (Å²) >= 11 is 0. The van der Waals surface area contributed by atoms with Crippen LogP contribution in [0.1, 0.15) is 56.6 Å². The molecule has 0 spiro atoms. The molecule has 3 aliphatic rings. The summed E-state index contributed by atoms with van der Waals surface area (Å²) in [7, 11) is 0. The van der Waals surface area contributed by atoms with Gasteiger partial charge in [-0.2, -0.15) is 5.26 Å². The van der Waals surface area contributed by atoms with Crippen LogP contribution in [0.15, 0.2) is 18.2 Å². The minimum atomic E-state index is -0.705. The number of aryl methyl sites for hydroxylation is 1. The van der Waals surface area contributed by atoms with Gasteiger partial charge in [0, 0.05) is 6.42 Å². The molecule has 0 aliphatic heterocycles. The average Bonchev–Trinajstić information content (AvgIpc) is 2.89. The summed E-state index contributed by atoms with van der Waals surface area (Å²) in [5.74, 6) is 0.527. The number of benzene rings is 1. The second-order valence-electron chi connectivity index (χ2n) is 8.73. The number of phenols is 1. The van der Waals surface area contributed by atoms with Crippen LogP contribution in [-0.2, 0) is 16.6 Å². The maximum absolute atomic E-state index is 11.2. The van der Waals surface area contributed by atoms with Crippen LogP contribution in [0.5, 0.6) is 5.75 Å². The Morgan fingerprint density at radius 3 is 2.88 bits per heavy atom. The lowest BCUT2D eigenvalue weighted by molar-refractivity contribution is -0.138. The van der Waals surface area contributed by atoms with E-state index in [9.17, 15) is 20.3 Å². The Morgan fingerprint density at radius 1 is 1.36 bits per heavy atom. The zero-order chi connectivity index (χ0) is 17.8. The maximum atomic E-state index is 11.2. The third-order valence-electron chi connectivity index (χ3n) is 7.40. The molecule has 0 bridgehead atoms. The molecule has 5 atom stereocenters. The predicted molar refractivity (Wildman–Crippen MR) is 93.0 cm³/mol. The topological polar surface area (TPSA) is 81.3 Å². The molecule has 2 N–H and O–H groups in total. The Morgan fingerprint density at radius 2 is 2.16 bits per heavy atom. The number of fused-ring (bicyclic) bond motifs is 5. The van der Waals surface area contributed by atoms with Crippen LogP contribution < -0.4 is 0 Å². The van der Waals surface area contributed by atoms with Crippen molar-refractivity contribution in [2.75, 3.05) is 0 Å². The largest absolute Gasteiger partial charge is 0.508 e. The molecule has 0 heterocycles. The second kappa shape index (κ2) is 5.49. The van der Waals surface area contributed by atoms with Crippen LogP contribution in [0, 0.1) is 34.5 Å². The van der Waals surface area contributed by atoms with Crippen LogP contribution in [0.2, 0.25) is 0 Å². The summed E-state index contributed by atoms with van der Waals surface area (Å²) in [5, 5.41) is 29.2. The van der Waals surface area contributed by atoms with Crippen molar-refractivity contribution in [1.82, 2.24) is 0 Å². The van der Waals surface area contributed by atoms with Gasteiger partial charge in [0.05, 0.1) is 11.5 Å². The van der Waals surface area contributed by atoms with Crippen molar-refractivity contribution >= 4 is 5.97 Å². The lowest BCUT2D eigenvalue weighted by atomic mass is 9.49. The van der Waals surface area contributed by atoms with E-state index in [1.807, 2.05) is 12.1 Å². The van der Waals surface area contributed by atoms with Gasteiger partial charge in [0.25, 0.3) is 0 Å². The van der Waals surface area contributed by atoms with Gasteiger partial charge in [-0.1, -0.05) is 13.0 Å². The minimum Gasteiger partial charge on any atom is -0.508 e. The number of rotatable bonds is 2. The Balaban J connectivity index is 1.73. The number of aliphatic carboxylic acids is 1. The number of nitriles is 1. The van der Waals surface area contributed by atoms with Crippen molar-refractivity contribution in [2.24, 2.45) is 23.2 Å². The van der Waals surface area contributed by atoms with Gasteiger partial charge >= 0.3 is 5.97 Å². The Kier molecular flexibility index (Phi) is 3.61. The van der Waals surface area contributed by atoms with E-state index in [4.69, 9.17) is 0 Å². The average molecular weight is 339 g/mol. The van der Waals surface area contributed by atoms with Crippen molar-refractivity contribution in [3.8, 4) is 11.8 Å². The first-order valence-corrected chi connectivity index (χ1v) is 9.33. The molecule has 4 nitrogen and oxygen atoms in total. The summed E-state index contributed by atoms with van der Waals surface area (Å²) in [4.78, 5) is 11.2. The molecule has 25 heavy (non-hydrogen) atoms. The molecular weight excluding hydrogens is 314 g/mol. The van der Waals surface area contributed by atoms with Gasteiger partial charge in [-0.25, -0.2) is 0 Å². The molecule has 3 aliphatic carbocycles. The number of nitrogens with zero attached hydrogens (tertiary/aromatic N) is 1. The zero-order valence-electron chi connectivity index (χ0n) is 14.7. The Labute approximate surface area is 148 Å². The molecule has 0 aromatic heterocycles. The van der Waals surface area contributed by atoms with E-state index in [0.717, 1.165) is 49.7 Å². The first-order valence-electron chi connectivity index (χ1n) is 9.33. The fraction of sp³-hybridized carbons (Fsp3) is 0.619. The maximum Gasteiger partial charge on any atom is 0.303 e. The number of carbonyl (C=O) groups is 1. The first-order chi connectivity index (χ1) is 11.9. The van der Waals surface area contributed by atoms with E-state index < -0.39 is 11.4 Å². The van der Waals surface area contributed by atoms with Gasteiger partial charge in [-0.3, -0.25) is 4.79 Å². The van der Waals surface area contributed by atoms with E-state index >= 15 is 0 Å². The van der Waals surface area contributed by atoms with Gasteiger partial charge in [0.15, 0.2) is 0 Å². The number of hydrogen-bond acceptors (Lipinski definition) is 3. The third-order valence-corrected chi connectivity index (χ3v) is 7.40. The zero-order valence-corrected chi connectivity index (χ0v) is 14.7. The number of aromatic hydroxyl groups is 1. The summed E-state index contributed by atoms with van der Waals surface area (Å²) < 4.78 is 0. The van der Waals surface area contributed by atoms with Crippen LogP contribution in [0.3, 0.4) is 0 Å². The molecule has 1 aromatic rings. The Bertz CT molecular complexity index is 767. The van der Waals surface area contributed by atoms with Crippen LogP contribution in [0.25, 0.3) is 0 Å². The molecule has 2 fully saturated rings. The van der Waals surface area contributed by atoms with Gasteiger partial charge in [-0.05, 0) is 85.0 Å². The summed E-state index contributed by atoms with van der Waals surface area (Å²) in [6.45, 7) is 2.31. The quantitative estimate of drug-likeness (QED) is 0.853. The molecule has 4 heteroatoms. The molecule has 4 rings (SSSR count). The smallest absolute Gasteiger partial charge is 0.303 e. The van der Waals surface area contributed by atoms with Crippen LogP contribution in [-0.4, -0.2) is 16.2 Å². The van der Waals surface area contributed by atoms with Gasteiger partial charge in [0.1, 0.15) is 5.75 Å². The van der Waals surface area contributed by atoms with Crippen molar-refractivity contribution < 1.29 is 15.0 Å². The number of carboxylic acid groups (broad SMARTS) is 1. The highest BCUT2D eigenvalue weighted by Gasteiger charge is 2.59. The molecule has 1 aromatic carbocycles. The molecule has 0 amide bonds. The Hall–Kier alpha value is -2.02. The van der Waals surface area contributed by atoms with Gasteiger partial charge in [-0.15, -0.1) is 0 Å². The lowest BCUT2D eigenvalue weighted by Crippen LogP contribution is -2.50. The monoisotopic (exact) mass is 339 g/mol. The van der Waals surface area contributed by atoms with E-state index in [1.54, 1.807) is 6.07 Å². The third kappa shape index (κ3) is 2.36. The van der Waals surface area contributed by atoms with Crippen molar-refractivity contribution in [1.29, 1.82) is 5.26 Å². The summed E-state index contributed by atoms with van der Waals surface area (Å²) in [5.41, 5.74) is 1.91. The highest BCUT2D eigenvalue weighted by molar-refractivity contribution is 5.67. The normalized spacial score (nSPS) is 39.0. The lowest BCUT2D eigenvalue weighted by Gasteiger charge is -2.53. The predicted octanol–water partition coefficient (Wildman–Crippen LogP) is 4.02. The van der Waals surface area contributed by atoms with E-state index in [0.29, 0.717) is 11.8 Å². The number of hydrogen-bond donors (Lipinski definition) is 2. The van der Waals surface area contributed by atoms with Crippen molar-refractivity contribution in [2.45, 2.75) is 57.3 Å². The first kappa shape index (κ1) is 16.4. The summed E-state index contributed by atoms with van der Waals surface area (Å²) in [6, 6.07) is 8.16. The molecule has 4 unspecified atom stereocenters. The number of phenolic OH excluding ortho intramolecular Hbond substituents is 1. The molecular formula is C21H25NO3. The van der Waals surface area contributed by atoms with Gasteiger partial charge in [0.2, 0.25) is 0 Å². The van der Waals surface area contributed by atoms with Crippen molar-refractivity contribution in [3.05, 3.63) is 29.3 Å². The molecule has 132 valence electrons. The van der Waals surface area contributed by atoms with Crippen molar-refractivity contribution in [3.63, 3.8) is 0 Å².